The predicted molar refractivity (Wildman–Crippen MR) is 60.1 cm³/mol. The molecule has 0 unspecified atom stereocenters. The van der Waals surface area contributed by atoms with Crippen molar-refractivity contribution in [3.8, 4) is 0 Å². The van der Waals surface area contributed by atoms with Crippen molar-refractivity contribution in [3.63, 3.8) is 0 Å². The summed E-state index contributed by atoms with van der Waals surface area (Å²) in [6.45, 7) is 10.5. The van der Waals surface area contributed by atoms with Crippen molar-refractivity contribution in [2.45, 2.75) is 6.92 Å². The van der Waals surface area contributed by atoms with Gasteiger partial charge >= 0.3 is 0 Å². The summed E-state index contributed by atoms with van der Waals surface area (Å²) in [5, 5.41) is 0. The normalized spacial score (nSPS) is 19.1. The molecule has 0 spiro atoms. The monoisotopic (exact) mass is 220 g/mol. The van der Waals surface area contributed by atoms with Crippen molar-refractivity contribution < 1.29 is 4.74 Å². The lowest BCUT2D eigenvalue weighted by molar-refractivity contribution is 0.0339. The van der Waals surface area contributed by atoms with Gasteiger partial charge in [0.1, 0.15) is 0 Å². The first-order valence-corrected chi connectivity index (χ1v) is 5.98. The van der Waals surface area contributed by atoms with Gasteiger partial charge in [-0.05, 0) is 6.54 Å². The van der Waals surface area contributed by atoms with Crippen LogP contribution in [0, 0.1) is 0 Å². The Morgan fingerprint density at radius 3 is 2.57 bits per heavy atom. The van der Waals surface area contributed by atoms with Crippen LogP contribution in [0.25, 0.3) is 0 Å². The highest BCUT2D eigenvalue weighted by molar-refractivity contribution is 6.18. The molecule has 0 saturated carbocycles. The second kappa shape index (κ2) is 7.46. The van der Waals surface area contributed by atoms with E-state index in [1.807, 2.05) is 0 Å². The molecule has 0 aromatic rings. The van der Waals surface area contributed by atoms with Crippen LogP contribution in [0.15, 0.2) is 0 Å². The number of rotatable bonds is 6. The lowest BCUT2D eigenvalue weighted by Gasteiger charge is -2.29. The lowest BCUT2D eigenvalue weighted by Crippen LogP contribution is -2.41. The van der Waals surface area contributed by atoms with E-state index >= 15 is 0 Å². The fourth-order valence-corrected chi connectivity index (χ4v) is 1.89. The van der Waals surface area contributed by atoms with E-state index in [1.54, 1.807) is 0 Å². The number of nitrogens with zero attached hydrogens (tertiary/aromatic N) is 2. The largest absolute Gasteiger partial charge is 0.379 e. The maximum absolute atomic E-state index is 5.72. The minimum Gasteiger partial charge on any atom is -0.379 e. The Kier molecular flexibility index (Phi) is 6.52. The van der Waals surface area contributed by atoms with E-state index in [1.165, 1.54) is 0 Å². The number of morpholine rings is 1. The summed E-state index contributed by atoms with van der Waals surface area (Å²) in [7, 11) is 0. The van der Waals surface area contributed by atoms with E-state index in [9.17, 15) is 0 Å². The highest BCUT2D eigenvalue weighted by Crippen LogP contribution is 1.97. The third-order valence-electron chi connectivity index (χ3n) is 2.68. The fourth-order valence-electron chi connectivity index (χ4n) is 1.66. The first-order valence-electron chi connectivity index (χ1n) is 5.45. The molecule has 1 saturated heterocycles. The second-order valence-corrected chi connectivity index (χ2v) is 3.96. The predicted octanol–water partition coefficient (Wildman–Crippen LogP) is 0.879. The minimum atomic E-state index is 0.733. The molecular formula is C10H21ClN2O. The molecule has 0 aliphatic carbocycles. The summed E-state index contributed by atoms with van der Waals surface area (Å²) in [5.41, 5.74) is 0. The van der Waals surface area contributed by atoms with Gasteiger partial charge in [-0.15, -0.1) is 11.6 Å². The second-order valence-electron chi connectivity index (χ2n) is 3.58. The molecule has 1 rings (SSSR count). The van der Waals surface area contributed by atoms with Crippen molar-refractivity contribution in [1.29, 1.82) is 0 Å². The van der Waals surface area contributed by atoms with Crippen LogP contribution in [-0.4, -0.2) is 68.2 Å². The summed E-state index contributed by atoms with van der Waals surface area (Å²) < 4.78 is 5.30. The lowest BCUT2D eigenvalue weighted by atomic mass is 10.4. The van der Waals surface area contributed by atoms with Gasteiger partial charge in [0.15, 0.2) is 0 Å². The molecule has 1 aliphatic heterocycles. The van der Waals surface area contributed by atoms with Crippen molar-refractivity contribution >= 4 is 11.6 Å². The van der Waals surface area contributed by atoms with Gasteiger partial charge < -0.3 is 9.64 Å². The zero-order valence-corrected chi connectivity index (χ0v) is 9.80. The van der Waals surface area contributed by atoms with Gasteiger partial charge in [0.05, 0.1) is 13.2 Å². The van der Waals surface area contributed by atoms with E-state index in [0.29, 0.717) is 0 Å². The fraction of sp³-hybridized carbons (Fsp3) is 1.00. The molecule has 0 radical (unpaired) electrons. The van der Waals surface area contributed by atoms with Crippen molar-refractivity contribution in [2.75, 3.05) is 58.4 Å². The highest BCUT2D eigenvalue weighted by atomic mass is 35.5. The van der Waals surface area contributed by atoms with Gasteiger partial charge in [-0.1, -0.05) is 6.92 Å². The van der Waals surface area contributed by atoms with Crippen LogP contribution >= 0.6 is 11.6 Å². The number of hydrogen-bond donors (Lipinski definition) is 0. The van der Waals surface area contributed by atoms with Crippen LogP contribution in [0.3, 0.4) is 0 Å². The van der Waals surface area contributed by atoms with Crippen molar-refractivity contribution in [1.82, 2.24) is 9.80 Å². The molecule has 14 heavy (non-hydrogen) atoms. The molecule has 3 nitrogen and oxygen atoms in total. The highest BCUT2D eigenvalue weighted by Gasteiger charge is 2.11. The summed E-state index contributed by atoms with van der Waals surface area (Å²) >= 11 is 5.72. The number of halogens is 1. The van der Waals surface area contributed by atoms with E-state index in [2.05, 4.69) is 16.7 Å². The molecule has 84 valence electrons. The minimum absolute atomic E-state index is 0.733. The summed E-state index contributed by atoms with van der Waals surface area (Å²) in [5.74, 6) is 0.733. The van der Waals surface area contributed by atoms with Gasteiger partial charge in [-0.3, -0.25) is 4.90 Å². The van der Waals surface area contributed by atoms with Gasteiger partial charge in [-0.2, -0.15) is 0 Å². The molecule has 0 atom stereocenters. The Bertz CT molecular complexity index is 135. The molecule has 0 N–H and O–H groups in total. The van der Waals surface area contributed by atoms with Crippen LogP contribution in [0.4, 0.5) is 0 Å². The number of alkyl halides is 1. The Morgan fingerprint density at radius 1 is 1.29 bits per heavy atom. The Labute approximate surface area is 92.0 Å². The topological polar surface area (TPSA) is 15.7 Å². The number of hydrogen-bond acceptors (Lipinski definition) is 3. The van der Waals surface area contributed by atoms with Crippen LogP contribution in [-0.2, 0) is 4.74 Å². The SMILES string of the molecule is CCN(CCCl)CCN1CCOCC1. The van der Waals surface area contributed by atoms with Crippen LogP contribution < -0.4 is 0 Å². The van der Waals surface area contributed by atoms with Crippen molar-refractivity contribution in [3.05, 3.63) is 0 Å². The molecule has 0 bridgehead atoms. The number of likely N-dealkylation sites (N-methyl/N-ethyl adjacent to an activating group) is 1. The Morgan fingerprint density at radius 2 is 2.00 bits per heavy atom. The average molecular weight is 221 g/mol. The summed E-state index contributed by atoms with van der Waals surface area (Å²) in [6.07, 6.45) is 0. The van der Waals surface area contributed by atoms with E-state index in [4.69, 9.17) is 16.3 Å². The van der Waals surface area contributed by atoms with Crippen molar-refractivity contribution in [2.24, 2.45) is 0 Å². The van der Waals surface area contributed by atoms with Gasteiger partial charge in [-0.25, -0.2) is 0 Å². The summed E-state index contributed by atoms with van der Waals surface area (Å²) in [4.78, 5) is 4.85. The summed E-state index contributed by atoms with van der Waals surface area (Å²) in [6, 6.07) is 0. The maximum atomic E-state index is 5.72. The van der Waals surface area contributed by atoms with E-state index in [0.717, 1.165) is 58.4 Å². The maximum Gasteiger partial charge on any atom is 0.0594 e. The molecule has 0 aromatic carbocycles. The molecule has 1 fully saturated rings. The zero-order chi connectivity index (χ0) is 10.2. The molecule has 1 heterocycles. The third kappa shape index (κ3) is 4.60. The van der Waals surface area contributed by atoms with E-state index < -0.39 is 0 Å². The van der Waals surface area contributed by atoms with Gasteiger partial charge in [0.2, 0.25) is 0 Å². The van der Waals surface area contributed by atoms with E-state index in [-0.39, 0.29) is 0 Å². The standard InChI is InChI=1S/C10H21ClN2O/c1-2-12(4-3-11)5-6-13-7-9-14-10-8-13/h2-10H2,1H3. The molecule has 1 aliphatic rings. The van der Waals surface area contributed by atoms with Gasteiger partial charge in [0, 0.05) is 38.6 Å². The quantitative estimate of drug-likeness (QED) is 0.619. The van der Waals surface area contributed by atoms with Crippen LogP contribution in [0.1, 0.15) is 6.92 Å². The molecular weight excluding hydrogens is 200 g/mol. The first-order chi connectivity index (χ1) is 6.86. The molecule has 4 heteroatoms. The van der Waals surface area contributed by atoms with Crippen LogP contribution in [0.2, 0.25) is 0 Å². The first kappa shape index (κ1) is 12.2. The van der Waals surface area contributed by atoms with Gasteiger partial charge in [0.25, 0.3) is 0 Å². The smallest absolute Gasteiger partial charge is 0.0594 e. The third-order valence-corrected chi connectivity index (χ3v) is 2.85. The van der Waals surface area contributed by atoms with Crippen LogP contribution in [0.5, 0.6) is 0 Å². The number of ether oxygens (including phenoxy) is 1. The Hall–Kier alpha value is 0.170. The zero-order valence-electron chi connectivity index (χ0n) is 9.04. The Balaban J connectivity index is 2.10. The molecule has 0 amide bonds. The molecule has 0 aromatic heterocycles. The average Bonchev–Trinajstić information content (AvgIpc) is 2.25.